The van der Waals surface area contributed by atoms with Gasteiger partial charge in [-0.05, 0) is 19.2 Å². The van der Waals surface area contributed by atoms with Crippen LogP contribution in [-0.4, -0.2) is 17.1 Å². The molecule has 0 unspecified atom stereocenters. The maximum Gasteiger partial charge on any atom is 0.172 e. The molecule has 3 nitrogen and oxygen atoms in total. The van der Waals surface area contributed by atoms with Gasteiger partial charge in [-0.1, -0.05) is 36.0 Å². The van der Waals surface area contributed by atoms with Crippen LogP contribution in [0.4, 0.5) is 0 Å². The molecule has 0 atom stereocenters. The summed E-state index contributed by atoms with van der Waals surface area (Å²) in [5.41, 5.74) is 1.20. The monoisotopic (exact) mass is 272 g/mol. The van der Waals surface area contributed by atoms with Crippen molar-refractivity contribution in [1.82, 2.24) is 0 Å². The number of fused-ring (bicyclic) bond motifs is 3. The predicted molar refractivity (Wildman–Crippen MR) is 77.2 cm³/mol. The van der Waals surface area contributed by atoms with Crippen molar-refractivity contribution in [2.24, 2.45) is 0 Å². The van der Waals surface area contributed by atoms with Gasteiger partial charge in [0.25, 0.3) is 0 Å². The second-order valence-electron chi connectivity index (χ2n) is 4.34. The lowest BCUT2D eigenvalue weighted by Gasteiger charge is -2.01. The number of ketones is 1. The molecule has 0 saturated carbocycles. The summed E-state index contributed by atoms with van der Waals surface area (Å²) in [6, 6.07) is 9.07. The van der Waals surface area contributed by atoms with Gasteiger partial charge >= 0.3 is 0 Å². The number of carbonyl (C=O) groups excluding carboxylic acids is 1. The van der Waals surface area contributed by atoms with Gasteiger partial charge < -0.3 is 9.52 Å². The van der Waals surface area contributed by atoms with Crippen LogP contribution in [0.15, 0.2) is 39.8 Å². The first-order chi connectivity index (χ1) is 9.13. The van der Waals surface area contributed by atoms with E-state index >= 15 is 0 Å². The van der Waals surface area contributed by atoms with Gasteiger partial charge in [0.15, 0.2) is 10.9 Å². The molecular formula is C15H12O3S. The molecule has 0 saturated heterocycles. The van der Waals surface area contributed by atoms with Crippen molar-refractivity contribution >= 4 is 39.3 Å². The molecule has 0 spiro atoms. The van der Waals surface area contributed by atoms with Gasteiger partial charge in [-0.25, -0.2) is 0 Å². The summed E-state index contributed by atoms with van der Waals surface area (Å²) in [6.45, 7) is 1.51. The van der Waals surface area contributed by atoms with Crippen LogP contribution < -0.4 is 0 Å². The lowest BCUT2D eigenvalue weighted by molar-refractivity contribution is 0.101. The minimum Gasteiger partial charge on any atom is -0.507 e. The highest BCUT2D eigenvalue weighted by Crippen LogP contribution is 2.39. The van der Waals surface area contributed by atoms with Crippen molar-refractivity contribution in [2.45, 2.75) is 12.0 Å². The van der Waals surface area contributed by atoms with E-state index in [1.807, 2.05) is 30.5 Å². The van der Waals surface area contributed by atoms with Crippen molar-refractivity contribution in [2.75, 3.05) is 6.26 Å². The first kappa shape index (κ1) is 12.1. The topological polar surface area (TPSA) is 50.4 Å². The van der Waals surface area contributed by atoms with Crippen LogP contribution >= 0.6 is 11.8 Å². The summed E-state index contributed by atoms with van der Waals surface area (Å²) in [5, 5.41) is 12.9. The Bertz CT molecular complexity index is 802. The van der Waals surface area contributed by atoms with Crippen LogP contribution in [0.1, 0.15) is 17.3 Å². The Morgan fingerprint density at radius 1 is 1.21 bits per heavy atom. The Hall–Kier alpha value is -1.94. The zero-order valence-corrected chi connectivity index (χ0v) is 11.4. The van der Waals surface area contributed by atoms with Crippen LogP contribution in [0.25, 0.3) is 21.7 Å². The number of furan rings is 1. The molecule has 0 bridgehead atoms. The number of hydrogen-bond acceptors (Lipinski definition) is 4. The SMILES string of the molecule is CSc1oc2c(cc(O)c3ccccc32)c1C(C)=O. The minimum absolute atomic E-state index is 0.0576. The average molecular weight is 272 g/mol. The lowest BCUT2D eigenvalue weighted by Crippen LogP contribution is -1.91. The fourth-order valence-corrected chi connectivity index (χ4v) is 2.98. The summed E-state index contributed by atoms with van der Waals surface area (Å²) in [4.78, 5) is 11.8. The van der Waals surface area contributed by atoms with E-state index in [2.05, 4.69) is 0 Å². The molecule has 0 aliphatic carbocycles. The summed E-state index contributed by atoms with van der Waals surface area (Å²) >= 11 is 1.39. The molecule has 3 aromatic rings. The smallest absolute Gasteiger partial charge is 0.172 e. The Kier molecular flexibility index (Phi) is 2.75. The highest BCUT2D eigenvalue weighted by molar-refractivity contribution is 7.98. The fraction of sp³-hybridized carbons (Fsp3) is 0.133. The third kappa shape index (κ3) is 1.71. The Morgan fingerprint density at radius 3 is 2.53 bits per heavy atom. The molecule has 0 aliphatic heterocycles. The highest BCUT2D eigenvalue weighted by Gasteiger charge is 2.20. The van der Waals surface area contributed by atoms with E-state index in [9.17, 15) is 9.90 Å². The first-order valence-electron chi connectivity index (χ1n) is 5.85. The molecule has 1 N–H and O–H groups in total. The molecule has 1 aromatic heterocycles. The molecular weight excluding hydrogens is 260 g/mol. The number of thioether (sulfide) groups is 1. The van der Waals surface area contributed by atoms with Gasteiger partial charge in [0.05, 0.1) is 5.56 Å². The summed E-state index contributed by atoms with van der Waals surface area (Å²) in [6.07, 6.45) is 1.87. The number of phenols is 1. The lowest BCUT2D eigenvalue weighted by atomic mass is 10.0. The minimum atomic E-state index is -0.0576. The van der Waals surface area contributed by atoms with Crippen LogP contribution in [0, 0.1) is 0 Å². The summed E-state index contributed by atoms with van der Waals surface area (Å²) in [7, 11) is 0. The molecule has 19 heavy (non-hydrogen) atoms. The van der Waals surface area contributed by atoms with Gasteiger partial charge in [-0.15, -0.1) is 0 Å². The molecule has 0 radical (unpaired) electrons. The molecule has 0 amide bonds. The number of carbonyl (C=O) groups is 1. The molecule has 96 valence electrons. The molecule has 3 rings (SSSR count). The molecule has 0 fully saturated rings. The van der Waals surface area contributed by atoms with Gasteiger partial charge in [0.2, 0.25) is 0 Å². The normalized spacial score (nSPS) is 11.3. The van der Waals surface area contributed by atoms with E-state index in [1.54, 1.807) is 6.07 Å². The second-order valence-corrected chi connectivity index (χ2v) is 5.12. The number of phenolic OH excluding ortho intramolecular Hbond substituents is 1. The first-order valence-corrected chi connectivity index (χ1v) is 7.08. The van der Waals surface area contributed by atoms with Crippen LogP contribution in [0.3, 0.4) is 0 Å². The zero-order chi connectivity index (χ0) is 13.6. The molecule has 2 aromatic carbocycles. The van der Waals surface area contributed by atoms with E-state index in [1.165, 1.54) is 18.7 Å². The van der Waals surface area contributed by atoms with Crippen LogP contribution in [0.2, 0.25) is 0 Å². The summed E-state index contributed by atoms with van der Waals surface area (Å²) < 4.78 is 5.81. The van der Waals surface area contributed by atoms with E-state index < -0.39 is 0 Å². The summed E-state index contributed by atoms with van der Waals surface area (Å²) in [5.74, 6) is 0.108. The van der Waals surface area contributed by atoms with Crippen molar-refractivity contribution in [3.05, 3.63) is 35.9 Å². The molecule has 0 aliphatic rings. The van der Waals surface area contributed by atoms with E-state index in [4.69, 9.17) is 4.42 Å². The van der Waals surface area contributed by atoms with E-state index in [0.29, 0.717) is 21.6 Å². The molecule has 1 heterocycles. The van der Waals surface area contributed by atoms with E-state index in [0.717, 1.165) is 10.8 Å². The van der Waals surface area contributed by atoms with Crippen LogP contribution in [0.5, 0.6) is 5.75 Å². The average Bonchev–Trinajstić information content (AvgIpc) is 2.77. The largest absolute Gasteiger partial charge is 0.507 e. The maximum absolute atomic E-state index is 11.8. The second kappa shape index (κ2) is 4.31. The van der Waals surface area contributed by atoms with Crippen molar-refractivity contribution in [3.63, 3.8) is 0 Å². The maximum atomic E-state index is 11.8. The Balaban J connectivity index is 2.55. The van der Waals surface area contributed by atoms with Crippen LogP contribution in [-0.2, 0) is 0 Å². The number of Topliss-reactive ketones (excluding diaryl/α,β-unsaturated/α-hetero) is 1. The van der Waals surface area contributed by atoms with Crippen molar-refractivity contribution in [1.29, 1.82) is 0 Å². The highest BCUT2D eigenvalue weighted by atomic mass is 32.2. The number of hydrogen-bond donors (Lipinski definition) is 1. The zero-order valence-electron chi connectivity index (χ0n) is 10.6. The quantitative estimate of drug-likeness (QED) is 0.560. The molecule has 4 heteroatoms. The Morgan fingerprint density at radius 2 is 1.89 bits per heavy atom. The van der Waals surface area contributed by atoms with E-state index in [-0.39, 0.29) is 11.5 Å². The number of aromatic hydroxyl groups is 1. The van der Waals surface area contributed by atoms with Gasteiger partial charge in [-0.2, -0.15) is 0 Å². The Labute approximate surface area is 114 Å². The fourth-order valence-electron chi connectivity index (χ4n) is 2.36. The number of benzene rings is 2. The van der Waals surface area contributed by atoms with Gasteiger partial charge in [-0.3, -0.25) is 4.79 Å². The van der Waals surface area contributed by atoms with Gasteiger partial charge in [0, 0.05) is 16.2 Å². The van der Waals surface area contributed by atoms with Gasteiger partial charge in [0.1, 0.15) is 11.3 Å². The number of rotatable bonds is 2. The third-order valence-corrected chi connectivity index (χ3v) is 3.84. The standard InChI is InChI=1S/C15H12O3S/c1-8(16)13-11-7-12(17)9-5-3-4-6-10(9)14(11)18-15(13)19-2/h3-7,17H,1-2H3. The predicted octanol–water partition coefficient (Wildman–Crippen LogP) is 4.22. The van der Waals surface area contributed by atoms with Crippen molar-refractivity contribution < 1.29 is 14.3 Å². The third-order valence-electron chi connectivity index (χ3n) is 3.18. The van der Waals surface area contributed by atoms with Crippen molar-refractivity contribution in [3.8, 4) is 5.75 Å².